The molecule has 3 rings (SSSR count). The van der Waals surface area contributed by atoms with Crippen LogP contribution in [0, 0.1) is 6.92 Å². The highest BCUT2D eigenvalue weighted by molar-refractivity contribution is 6.01. The predicted octanol–water partition coefficient (Wildman–Crippen LogP) is 2.91. The largest absolute Gasteiger partial charge is 0.504 e. The fourth-order valence-electron chi connectivity index (χ4n) is 2.54. The van der Waals surface area contributed by atoms with E-state index in [1.807, 2.05) is 36.4 Å². The molecule has 2 N–H and O–H groups in total. The highest BCUT2D eigenvalue weighted by atomic mass is 16.3. The van der Waals surface area contributed by atoms with Gasteiger partial charge in [-0.15, -0.1) is 0 Å². The summed E-state index contributed by atoms with van der Waals surface area (Å²) >= 11 is 0. The van der Waals surface area contributed by atoms with Gasteiger partial charge in [-0.05, 0) is 25.1 Å². The normalized spacial score (nSPS) is 10.5. The van der Waals surface area contributed by atoms with E-state index in [9.17, 15) is 9.90 Å². The maximum atomic E-state index is 12.2. The summed E-state index contributed by atoms with van der Waals surface area (Å²) in [6, 6.07) is 16.7. The van der Waals surface area contributed by atoms with E-state index in [0.717, 1.165) is 5.69 Å². The van der Waals surface area contributed by atoms with E-state index in [1.165, 1.54) is 0 Å². The number of nitrogens with one attached hydrogen (secondary N) is 1. The van der Waals surface area contributed by atoms with Gasteiger partial charge in [-0.3, -0.25) is 4.79 Å². The summed E-state index contributed by atoms with van der Waals surface area (Å²) in [5, 5.41) is 17.5. The van der Waals surface area contributed by atoms with Gasteiger partial charge < -0.3 is 10.4 Å². The molecule has 0 bridgehead atoms. The number of carbonyl (C=O) groups excluding carboxylic acids is 1. The quantitative estimate of drug-likeness (QED) is 0.782. The van der Waals surface area contributed by atoms with Crippen molar-refractivity contribution in [2.45, 2.75) is 6.92 Å². The monoisotopic (exact) mass is 307 g/mol. The molecule has 0 aliphatic heterocycles. The van der Waals surface area contributed by atoms with Crippen molar-refractivity contribution in [3.63, 3.8) is 0 Å². The van der Waals surface area contributed by atoms with Crippen LogP contribution < -0.4 is 5.32 Å². The molecule has 116 valence electrons. The zero-order chi connectivity index (χ0) is 16.4. The highest BCUT2D eigenvalue weighted by Crippen LogP contribution is 2.35. The Balaban J connectivity index is 2.28. The fourth-order valence-corrected chi connectivity index (χ4v) is 2.54. The van der Waals surface area contributed by atoms with Crippen molar-refractivity contribution < 1.29 is 9.90 Å². The van der Waals surface area contributed by atoms with Crippen molar-refractivity contribution in [2.75, 3.05) is 7.05 Å². The molecule has 2 aromatic carbocycles. The van der Waals surface area contributed by atoms with Crippen LogP contribution in [0.2, 0.25) is 0 Å². The first kappa shape index (κ1) is 14.8. The Kier molecular flexibility index (Phi) is 3.85. The Morgan fingerprint density at radius 1 is 1.09 bits per heavy atom. The molecule has 0 atom stereocenters. The third-order valence-corrected chi connectivity index (χ3v) is 3.68. The van der Waals surface area contributed by atoms with Crippen LogP contribution in [0.3, 0.4) is 0 Å². The third kappa shape index (κ3) is 2.57. The van der Waals surface area contributed by atoms with Crippen molar-refractivity contribution in [1.82, 2.24) is 15.1 Å². The van der Waals surface area contributed by atoms with Gasteiger partial charge in [0.25, 0.3) is 5.91 Å². The van der Waals surface area contributed by atoms with E-state index in [4.69, 9.17) is 0 Å². The molecular formula is C18H17N3O2. The van der Waals surface area contributed by atoms with Gasteiger partial charge in [0.05, 0.1) is 5.69 Å². The molecular weight excluding hydrogens is 290 g/mol. The predicted molar refractivity (Wildman–Crippen MR) is 88.8 cm³/mol. The van der Waals surface area contributed by atoms with Gasteiger partial charge in [-0.1, -0.05) is 36.4 Å². The molecule has 23 heavy (non-hydrogen) atoms. The standard InChI is InChI=1S/C18H17N3O2/c1-12-17(22)16(21(20-12)13-8-4-3-5-9-13)14-10-6-7-11-15(14)18(23)19-2/h3-11,22H,1-2H3,(H,19,23). The van der Waals surface area contributed by atoms with E-state index in [-0.39, 0.29) is 11.7 Å². The number of hydrogen-bond acceptors (Lipinski definition) is 3. The first-order valence-electron chi connectivity index (χ1n) is 7.29. The zero-order valence-corrected chi connectivity index (χ0v) is 12.9. The molecule has 0 fully saturated rings. The molecule has 0 saturated heterocycles. The average molecular weight is 307 g/mol. The number of nitrogens with zero attached hydrogens (tertiary/aromatic N) is 2. The van der Waals surface area contributed by atoms with Crippen LogP contribution >= 0.6 is 0 Å². The topological polar surface area (TPSA) is 67.2 Å². The first-order valence-corrected chi connectivity index (χ1v) is 7.29. The van der Waals surface area contributed by atoms with Crippen molar-refractivity contribution in [3.8, 4) is 22.7 Å². The molecule has 5 nitrogen and oxygen atoms in total. The Morgan fingerprint density at radius 3 is 2.43 bits per heavy atom. The summed E-state index contributed by atoms with van der Waals surface area (Å²) in [5.74, 6) is -0.135. The summed E-state index contributed by atoms with van der Waals surface area (Å²) < 4.78 is 1.66. The third-order valence-electron chi connectivity index (χ3n) is 3.68. The molecule has 0 spiro atoms. The van der Waals surface area contributed by atoms with Crippen molar-refractivity contribution in [3.05, 3.63) is 65.9 Å². The van der Waals surface area contributed by atoms with Gasteiger partial charge in [-0.25, -0.2) is 4.68 Å². The number of hydrogen-bond donors (Lipinski definition) is 2. The molecule has 0 aliphatic rings. The van der Waals surface area contributed by atoms with Crippen LogP contribution in [0.1, 0.15) is 16.1 Å². The van der Waals surface area contributed by atoms with Crippen LogP contribution in [-0.2, 0) is 0 Å². The maximum absolute atomic E-state index is 12.2. The van der Waals surface area contributed by atoms with Crippen LogP contribution in [-0.4, -0.2) is 27.8 Å². The van der Waals surface area contributed by atoms with E-state index < -0.39 is 0 Å². The lowest BCUT2D eigenvalue weighted by Crippen LogP contribution is -2.19. The number of para-hydroxylation sites is 1. The van der Waals surface area contributed by atoms with Gasteiger partial charge >= 0.3 is 0 Å². The lowest BCUT2D eigenvalue weighted by atomic mass is 10.0. The fraction of sp³-hybridized carbons (Fsp3) is 0.111. The lowest BCUT2D eigenvalue weighted by Gasteiger charge is -2.11. The van der Waals surface area contributed by atoms with Gasteiger partial charge in [0, 0.05) is 18.2 Å². The Morgan fingerprint density at radius 2 is 1.74 bits per heavy atom. The smallest absolute Gasteiger partial charge is 0.251 e. The van der Waals surface area contributed by atoms with Crippen LogP contribution in [0.25, 0.3) is 16.9 Å². The number of rotatable bonds is 3. The second-order valence-corrected chi connectivity index (χ2v) is 5.15. The van der Waals surface area contributed by atoms with Crippen LogP contribution in [0.4, 0.5) is 0 Å². The highest BCUT2D eigenvalue weighted by Gasteiger charge is 2.21. The number of aromatic nitrogens is 2. The van der Waals surface area contributed by atoms with Gasteiger partial charge in [0.1, 0.15) is 11.4 Å². The van der Waals surface area contributed by atoms with Gasteiger partial charge in [0.15, 0.2) is 5.75 Å². The summed E-state index contributed by atoms with van der Waals surface area (Å²) in [6.07, 6.45) is 0. The first-order chi connectivity index (χ1) is 11.1. The zero-order valence-electron chi connectivity index (χ0n) is 12.9. The SMILES string of the molecule is CNC(=O)c1ccccc1-c1c(O)c(C)nn1-c1ccccc1. The molecule has 1 heterocycles. The second-order valence-electron chi connectivity index (χ2n) is 5.15. The van der Waals surface area contributed by atoms with E-state index in [0.29, 0.717) is 22.5 Å². The number of aromatic hydroxyl groups is 1. The van der Waals surface area contributed by atoms with Crippen molar-refractivity contribution in [1.29, 1.82) is 0 Å². The van der Waals surface area contributed by atoms with Crippen molar-refractivity contribution in [2.24, 2.45) is 0 Å². The molecule has 0 saturated carbocycles. The second kappa shape index (κ2) is 5.96. The molecule has 1 amide bonds. The van der Waals surface area contributed by atoms with E-state index in [2.05, 4.69) is 10.4 Å². The number of aryl methyl sites for hydroxylation is 1. The molecule has 0 radical (unpaired) electrons. The molecule has 5 heteroatoms. The summed E-state index contributed by atoms with van der Waals surface area (Å²) in [6.45, 7) is 1.74. The Hall–Kier alpha value is -3.08. The van der Waals surface area contributed by atoms with Crippen molar-refractivity contribution >= 4 is 5.91 Å². The minimum atomic E-state index is -0.210. The lowest BCUT2D eigenvalue weighted by molar-refractivity contribution is 0.0963. The Bertz CT molecular complexity index is 854. The maximum Gasteiger partial charge on any atom is 0.251 e. The number of carbonyl (C=O) groups is 1. The van der Waals surface area contributed by atoms with Crippen LogP contribution in [0.15, 0.2) is 54.6 Å². The van der Waals surface area contributed by atoms with Crippen LogP contribution in [0.5, 0.6) is 5.75 Å². The van der Waals surface area contributed by atoms with E-state index in [1.54, 1.807) is 36.9 Å². The molecule has 0 aliphatic carbocycles. The molecule has 3 aromatic rings. The molecule has 1 aromatic heterocycles. The number of amides is 1. The van der Waals surface area contributed by atoms with Gasteiger partial charge in [0.2, 0.25) is 0 Å². The van der Waals surface area contributed by atoms with Gasteiger partial charge in [-0.2, -0.15) is 5.10 Å². The Labute approximate surface area is 134 Å². The summed E-state index contributed by atoms with van der Waals surface area (Å²) in [4.78, 5) is 12.2. The number of benzene rings is 2. The minimum Gasteiger partial charge on any atom is -0.504 e. The van der Waals surface area contributed by atoms with E-state index >= 15 is 0 Å². The summed E-state index contributed by atoms with van der Waals surface area (Å²) in [5.41, 5.74) is 2.96. The molecule has 0 unspecified atom stereocenters. The minimum absolute atomic E-state index is 0.0743. The average Bonchev–Trinajstić information content (AvgIpc) is 2.90. The summed E-state index contributed by atoms with van der Waals surface area (Å²) in [7, 11) is 1.58.